The van der Waals surface area contributed by atoms with Crippen LogP contribution in [0.3, 0.4) is 0 Å². The topological polar surface area (TPSA) is 89.2 Å². The number of nitrogens with zero attached hydrogens (tertiary/aromatic N) is 1. The third-order valence-corrected chi connectivity index (χ3v) is 2.66. The van der Waals surface area contributed by atoms with Crippen LogP contribution in [0.4, 0.5) is 0 Å². The van der Waals surface area contributed by atoms with Crippen molar-refractivity contribution in [1.82, 2.24) is 14.9 Å². The lowest BCUT2D eigenvalue weighted by atomic mass is 10.1. The molecule has 0 aromatic carbocycles. The summed E-state index contributed by atoms with van der Waals surface area (Å²) in [5.74, 6) is -0.0242. The number of carbonyl (C=O) groups is 1. The summed E-state index contributed by atoms with van der Waals surface area (Å²) in [5.41, 5.74) is -0.102. The van der Waals surface area contributed by atoms with Gasteiger partial charge in [-0.15, -0.1) is 0 Å². The van der Waals surface area contributed by atoms with Gasteiger partial charge in [0.2, 0.25) is 0 Å². The van der Waals surface area contributed by atoms with E-state index in [0.717, 1.165) is 6.42 Å². The lowest BCUT2D eigenvalue weighted by molar-refractivity contribution is 0.0776. The second-order valence-corrected chi connectivity index (χ2v) is 3.74. The third kappa shape index (κ3) is 1.94. The van der Waals surface area contributed by atoms with E-state index in [-0.39, 0.29) is 29.8 Å². The van der Waals surface area contributed by atoms with Crippen LogP contribution in [0, 0.1) is 5.92 Å². The van der Waals surface area contributed by atoms with Crippen LogP contribution in [-0.2, 0) is 0 Å². The molecule has 1 fully saturated rings. The van der Waals surface area contributed by atoms with Crippen molar-refractivity contribution in [2.75, 3.05) is 19.7 Å². The molecular weight excluding hydrogens is 198 g/mol. The Hall–Kier alpha value is -1.56. The van der Waals surface area contributed by atoms with E-state index in [1.165, 1.54) is 6.20 Å². The number of aromatic amines is 2. The highest BCUT2D eigenvalue weighted by molar-refractivity contribution is 5.92. The zero-order valence-corrected chi connectivity index (χ0v) is 8.19. The fourth-order valence-electron chi connectivity index (χ4n) is 1.78. The van der Waals surface area contributed by atoms with Gasteiger partial charge in [-0.25, -0.2) is 4.79 Å². The van der Waals surface area contributed by atoms with Crippen molar-refractivity contribution < 1.29 is 9.90 Å². The SMILES string of the molecule is O=C(c1c[nH]c(=O)[nH]1)N1CCC(CO)C1. The van der Waals surface area contributed by atoms with E-state index >= 15 is 0 Å². The van der Waals surface area contributed by atoms with Gasteiger partial charge in [0.1, 0.15) is 5.69 Å². The Kier molecular flexibility index (Phi) is 2.59. The quantitative estimate of drug-likeness (QED) is 0.595. The van der Waals surface area contributed by atoms with E-state index in [2.05, 4.69) is 9.97 Å². The van der Waals surface area contributed by atoms with Crippen LogP contribution >= 0.6 is 0 Å². The summed E-state index contributed by atoms with van der Waals surface area (Å²) >= 11 is 0. The van der Waals surface area contributed by atoms with E-state index in [1.807, 2.05) is 0 Å². The number of carbonyl (C=O) groups excluding carboxylic acids is 1. The molecule has 2 heterocycles. The maximum Gasteiger partial charge on any atom is 0.323 e. The Bertz CT molecular complexity index is 409. The lowest BCUT2D eigenvalue weighted by Gasteiger charge is -2.14. The molecule has 1 atom stereocenters. The van der Waals surface area contributed by atoms with Gasteiger partial charge in [-0.3, -0.25) is 4.79 Å². The molecular formula is C9H13N3O3. The number of hydrogen-bond donors (Lipinski definition) is 3. The maximum absolute atomic E-state index is 11.8. The van der Waals surface area contributed by atoms with Crippen molar-refractivity contribution >= 4 is 5.91 Å². The average molecular weight is 211 g/mol. The summed E-state index contributed by atoms with van der Waals surface area (Å²) < 4.78 is 0. The minimum absolute atomic E-state index is 0.105. The van der Waals surface area contributed by atoms with Crippen LogP contribution in [-0.4, -0.2) is 45.6 Å². The van der Waals surface area contributed by atoms with Crippen molar-refractivity contribution in [2.45, 2.75) is 6.42 Å². The molecule has 1 unspecified atom stereocenters. The summed E-state index contributed by atoms with van der Waals surface area (Å²) in [4.78, 5) is 29.0. The number of aliphatic hydroxyl groups is 1. The summed E-state index contributed by atoms with van der Waals surface area (Å²) in [6, 6.07) is 0. The summed E-state index contributed by atoms with van der Waals surface area (Å²) in [6.45, 7) is 1.30. The highest BCUT2D eigenvalue weighted by Gasteiger charge is 2.26. The predicted molar refractivity (Wildman–Crippen MR) is 52.5 cm³/mol. The second kappa shape index (κ2) is 3.90. The number of likely N-dealkylation sites (tertiary alicyclic amines) is 1. The van der Waals surface area contributed by atoms with Crippen LogP contribution in [0.15, 0.2) is 11.0 Å². The average Bonchev–Trinajstić information content (AvgIpc) is 2.84. The second-order valence-electron chi connectivity index (χ2n) is 3.74. The largest absolute Gasteiger partial charge is 0.396 e. The molecule has 0 radical (unpaired) electrons. The number of rotatable bonds is 2. The molecule has 1 aromatic heterocycles. The molecule has 6 nitrogen and oxygen atoms in total. The number of aliphatic hydroxyl groups excluding tert-OH is 1. The van der Waals surface area contributed by atoms with Crippen LogP contribution < -0.4 is 5.69 Å². The molecule has 1 aliphatic rings. The molecule has 1 saturated heterocycles. The van der Waals surface area contributed by atoms with Gasteiger partial charge in [-0.2, -0.15) is 0 Å². The Morgan fingerprint density at radius 3 is 3.00 bits per heavy atom. The standard InChI is InChI=1S/C9H13N3O3/c13-5-6-1-2-12(4-6)8(14)7-3-10-9(15)11-7/h3,6,13H,1-2,4-5H2,(H2,10,11,15). The first-order chi connectivity index (χ1) is 7.20. The Morgan fingerprint density at radius 2 is 2.47 bits per heavy atom. The minimum atomic E-state index is -0.378. The van der Waals surface area contributed by atoms with Crippen molar-refractivity contribution in [3.63, 3.8) is 0 Å². The van der Waals surface area contributed by atoms with Crippen molar-refractivity contribution in [3.8, 4) is 0 Å². The Labute approximate surface area is 85.9 Å². The fourth-order valence-corrected chi connectivity index (χ4v) is 1.78. The molecule has 3 N–H and O–H groups in total. The summed E-state index contributed by atoms with van der Waals surface area (Å²) in [6.07, 6.45) is 2.19. The number of amides is 1. The van der Waals surface area contributed by atoms with Gasteiger partial charge < -0.3 is 20.0 Å². The van der Waals surface area contributed by atoms with Crippen LogP contribution in [0.25, 0.3) is 0 Å². The predicted octanol–water partition coefficient (Wildman–Crippen LogP) is -0.843. The van der Waals surface area contributed by atoms with Gasteiger partial charge in [0.05, 0.1) is 0 Å². The molecule has 0 aliphatic carbocycles. The van der Waals surface area contributed by atoms with Crippen LogP contribution in [0.5, 0.6) is 0 Å². The molecule has 1 aliphatic heterocycles. The smallest absolute Gasteiger partial charge is 0.323 e. The zero-order chi connectivity index (χ0) is 10.8. The molecule has 0 spiro atoms. The van der Waals surface area contributed by atoms with Gasteiger partial charge in [-0.05, 0) is 6.42 Å². The number of hydrogen-bond acceptors (Lipinski definition) is 3. The first-order valence-corrected chi connectivity index (χ1v) is 4.88. The zero-order valence-electron chi connectivity index (χ0n) is 8.19. The highest BCUT2D eigenvalue weighted by Crippen LogP contribution is 2.16. The number of aromatic nitrogens is 2. The maximum atomic E-state index is 11.8. The molecule has 82 valence electrons. The molecule has 2 rings (SSSR count). The molecule has 15 heavy (non-hydrogen) atoms. The Balaban J connectivity index is 2.06. The van der Waals surface area contributed by atoms with E-state index < -0.39 is 0 Å². The van der Waals surface area contributed by atoms with Gasteiger partial charge in [0.25, 0.3) is 5.91 Å². The number of imidazole rings is 1. The van der Waals surface area contributed by atoms with Crippen molar-refractivity contribution in [1.29, 1.82) is 0 Å². The van der Waals surface area contributed by atoms with E-state index in [0.29, 0.717) is 13.1 Å². The first kappa shape index (κ1) is 9.97. The number of nitrogens with one attached hydrogen (secondary N) is 2. The van der Waals surface area contributed by atoms with Gasteiger partial charge in [0, 0.05) is 31.8 Å². The highest BCUT2D eigenvalue weighted by atomic mass is 16.3. The van der Waals surface area contributed by atoms with Gasteiger partial charge in [-0.1, -0.05) is 0 Å². The van der Waals surface area contributed by atoms with Crippen molar-refractivity contribution in [3.05, 3.63) is 22.4 Å². The molecule has 6 heteroatoms. The third-order valence-electron chi connectivity index (χ3n) is 2.66. The molecule has 1 amide bonds. The normalized spacial score (nSPS) is 20.9. The van der Waals surface area contributed by atoms with Crippen LogP contribution in [0.2, 0.25) is 0 Å². The number of H-pyrrole nitrogens is 2. The van der Waals surface area contributed by atoms with Crippen LogP contribution in [0.1, 0.15) is 16.9 Å². The first-order valence-electron chi connectivity index (χ1n) is 4.88. The summed E-state index contributed by atoms with van der Waals surface area (Å²) in [5, 5.41) is 8.94. The Morgan fingerprint density at radius 1 is 1.67 bits per heavy atom. The molecule has 0 bridgehead atoms. The lowest BCUT2D eigenvalue weighted by Crippen LogP contribution is -2.29. The summed E-state index contributed by atoms with van der Waals surface area (Å²) in [7, 11) is 0. The molecule has 1 aromatic rings. The molecule has 0 saturated carbocycles. The minimum Gasteiger partial charge on any atom is -0.396 e. The van der Waals surface area contributed by atoms with E-state index in [9.17, 15) is 9.59 Å². The van der Waals surface area contributed by atoms with E-state index in [4.69, 9.17) is 5.11 Å². The van der Waals surface area contributed by atoms with E-state index in [1.54, 1.807) is 4.90 Å². The fraction of sp³-hybridized carbons (Fsp3) is 0.556. The van der Waals surface area contributed by atoms with Gasteiger partial charge >= 0.3 is 5.69 Å². The monoisotopic (exact) mass is 211 g/mol. The van der Waals surface area contributed by atoms with Gasteiger partial charge in [0.15, 0.2) is 0 Å². The van der Waals surface area contributed by atoms with Crippen molar-refractivity contribution in [2.24, 2.45) is 5.92 Å².